The third kappa shape index (κ3) is 2.99. The molecule has 4 N–H and O–H groups in total. The summed E-state index contributed by atoms with van der Waals surface area (Å²) < 4.78 is 0. The van der Waals surface area contributed by atoms with Crippen molar-refractivity contribution in [2.75, 3.05) is 17.3 Å². The Labute approximate surface area is 83.2 Å². The van der Waals surface area contributed by atoms with E-state index < -0.39 is 0 Å². The summed E-state index contributed by atoms with van der Waals surface area (Å²) in [6.07, 6.45) is 4.86. The Bertz CT molecular complexity index is 308. The molecule has 1 aromatic rings. The van der Waals surface area contributed by atoms with E-state index in [1.165, 1.54) is 0 Å². The number of nitrogen functional groups attached to an aromatic ring is 2. The number of allylic oxidation sites excluding steroid dienone is 1. The fraction of sp³-hybridized carbons (Fsp3) is 0.200. The molecule has 0 saturated carbocycles. The maximum atomic E-state index is 5.64. The van der Waals surface area contributed by atoms with Crippen molar-refractivity contribution in [2.24, 2.45) is 0 Å². The molecule has 1 aromatic carbocycles. The van der Waals surface area contributed by atoms with Crippen molar-refractivity contribution in [2.45, 2.75) is 6.42 Å². The van der Waals surface area contributed by atoms with E-state index in [0.717, 1.165) is 12.0 Å². The average Bonchev–Trinajstić information content (AvgIpc) is 2.12. The third-order valence-corrected chi connectivity index (χ3v) is 1.92. The Morgan fingerprint density at radius 1 is 1.23 bits per heavy atom. The van der Waals surface area contributed by atoms with Crippen LogP contribution in [0.15, 0.2) is 24.3 Å². The Morgan fingerprint density at radius 3 is 2.62 bits per heavy atom. The molecular weight excluding hydrogens is 184 g/mol. The Balaban J connectivity index is 2.73. The lowest BCUT2D eigenvalue weighted by Crippen LogP contribution is -1.93. The van der Waals surface area contributed by atoms with Gasteiger partial charge in [-0.05, 0) is 24.1 Å². The molecule has 0 radical (unpaired) electrons. The van der Waals surface area contributed by atoms with Gasteiger partial charge in [0.2, 0.25) is 0 Å². The van der Waals surface area contributed by atoms with E-state index in [4.69, 9.17) is 23.1 Å². The minimum atomic E-state index is 0.619. The van der Waals surface area contributed by atoms with Crippen LogP contribution in [0.4, 0.5) is 11.4 Å². The first-order chi connectivity index (χ1) is 6.24. The smallest absolute Gasteiger partial charge is 0.0553 e. The highest BCUT2D eigenvalue weighted by Crippen LogP contribution is 2.16. The number of benzene rings is 1. The fourth-order valence-corrected chi connectivity index (χ4v) is 1.11. The first kappa shape index (κ1) is 9.93. The van der Waals surface area contributed by atoms with E-state index >= 15 is 0 Å². The van der Waals surface area contributed by atoms with Crippen molar-refractivity contribution in [1.82, 2.24) is 0 Å². The average molecular weight is 197 g/mol. The first-order valence-corrected chi connectivity index (χ1v) is 4.65. The summed E-state index contributed by atoms with van der Waals surface area (Å²) in [7, 11) is 0. The van der Waals surface area contributed by atoms with Crippen molar-refractivity contribution in [3.05, 3.63) is 29.8 Å². The van der Waals surface area contributed by atoms with Gasteiger partial charge in [0, 0.05) is 5.88 Å². The zero-order valence-electron chi connectivity index (χ0n) is 7.33. The molecule has 0 unspecified atom stereocenters. The predicted octanol–water partition coefficient (Wildman–Crippen LogP) is 2.49. The summed E-state index contributed by atoms with van der Waals surface area (Å²) in [6.45, 7) is 0. The van der Waals surface area contributed by atoms with E-state index in [9.17, 15) is 0 Å². The highest BCUT2D eigenvalue weighted by atomic mass is 35.5. The molecule has 70 valence electrons. The second-order valence-corrected chi connectivity index (χ2v) is 3.15. The van der Waals surface area contributed by atoms with Gasteiger partial charge in [-0.1, -0.05) is 18.2 Å². The van der Waals surface area contributed by atoms with Crippen molar-refractivity contribution in [3.63, 3.8) is 0 Å². The van der Waals surface area contributed by atoms with Crippen LogP contribution >= 0.6 is 11.6 Å². The summed E-state index contributed by atoms with van der Waals surface area (Å²) in [5.74, 6) is 0.640. The van der Waals surface area contributed by atoms with Crippen LogP contribution in [-0.4, -0.2) is 5.88 Å². The summed E-state index contributed by atoms with van der Waals surface area (Å²) in [5.41, 5.74) is 13.5. The van der Waals surface area contributed by atoms with Crippen molar-refractivity contribution in [3.8, 4) is 0 Å². The summed E-state index contributed by atoms with van der Waals surface area (Å²) in [4.78, 5) is 0. The minimum Gasteiger partial charge on any atom is -0.397 e. The zero-order chi connectivity index (χ0) is 9.68. The van der Waals surface area contributed by atoms with E-state index in [0.29, 0.717) is 17.3 Å². The molecule has 0 spiro atoms. The molecular formula is C10H13ClN2. The second-order valence-electron chi connectivity index (χ2n) is 2.77. The molecule has 0 heterocycles. The van der Waals surface area contributed by atoms with Crippen LogP contribution in [0.2, 0.25) is 0 Å². The number of hydrogen-bond donors (Lipinski definition) is 2. The van der Waals surface area contributed by atoms with Crippen LogP contribution in [0.25, 0.3) is 6.08 Å². The van der Waals surface area contributed by atoms with E-state index in [1.54, 1.807) is 6.07 Å². The van der Waals surface area contributed by atoms with Gasteiger partial charge in [-0.2, -0.15) is 0 Å². The van der Waals surface area contributed by atoms with Gasteiger partial charge in [-0.3, -0.25) is 0 Å². The number of anilines is 2. The normalized spacial score (nSPS) is 10.8. The molecule has 0 amide bonds. The topological polar surface area (TPSA) is 52.0 Å². The molecule has 0 aromatic heterocycles. The SMILES string of the molecule is Nc1ccc(C=CCCCl)cc1N. The van der Waals surface area contributed by atoms with Gasteiger partial charge in [0.1, 0.15) is 0 Å². The van der Waals surface area contributed by atoms with Crippen molar-refractivity contribution >= 4 is 29.1 Å². The summed E-state index contributed by atoms with van der Waals surface area (Å²) in [5, 5.41) is 0. The highest BCUT2D eigenvalue weighted by molar-refractivity contribution is 6.17. The van der Waals surface area contributed by atoms with Crippen LogP contribution < -0.4 is 11.5 Å². The van der Waals surface area contributed by atoms with Gasteiger partial charge in [-0.15, -0.1) is 11.6 Å². The predicted molar refractivity (Wildman–Crippen MR) is 59.6 cm³/mol. The third-order valence-electron chi connectivity index (χ3n) is 1.70. The van der Waals surface area contributed by atoms with Crippen molar-refractivity contribution < 1.29 is 0 Å². The van der Waals surface area contributed by atoms with Gasteiger partial charge in [0.25, 0.3) is 0 Å². The number of hydrogen-bond acceptors (Lipinski definition) is 2. The number of alkyl halides is 1. The van der Waals surface area contributed by atoms with E-state index in [1.807, 2.05) is 24.3 Å². The lowest BCUT2D eigenvalue weighted by Gasteiger charge is -2.00. The molecule has 3 heteroatoms. The molecule has 1 rings (SSSR count). The van der Waals surface area contributed by atoms with Gasteiger partial charge >= 0.3 is 0 Å². The molecule has 0 aliphatic heterocycles. The molecule has 0 atom stereocenters. The monoisotopic (exact) mass is 196 g/mol. The Kier molecular flexibility index (Phi) is 3.65. The zero-order valence-corrected chi connectivity index (χ0v) is 8.09. The lowest BCUT2D eigenvalue weighted by molar-refractivity contribution is 1.24. The number of rotatable bonds is 3. The largest absolute Gasteiger partial charge is 0.397 e. The van der Waals surface area contributed by atoms with Crippen LogP contribution in [-0.2, 0) is 0 Å². The van der Waals surface area contributed by atoms with E-state index in [-0.39, 0.29) is 0 Å². The Hall–Kier alpha value is -1.15. The van der Waals surface area contributed by atoms with Crippen LogP contribution in [0.1, 0.15) is 12.0 Å². The quantitative estimate of drug-likeness (QED) is 0.577. The van der Waals surface area contributed by atoms with Crippen LogP contribution in [0.3, 0.4) is 0 Å². The standard InChI is InChI=1S/C10H13ClN2/c11-6-2-1-3-8-4-5-9(12)10(13)7-8/h1,3-5,7H,2,6,12-13H2. The second kappa shape index (κ2) is 4.77. The van der Waals surface area contributed by atoms with Gasteiger partial charge in [-0.25, -0.2) is 0 Å². The molecule has 0 bridgehead atoms. The van der Waals surface area contributed by atoms with E-state index in [2.05, 4.69) is 0 Å². The molecule has 0 aliphatic rings. The minimum absolute atomic E-state index is 0.619. The Morgan fingerprint density at radius 2 is 2.00 bits per heavy atom. The van der Waals surface area contributed by atoms with Gasteiger partial charge in [0.15, 0.2) is 0 Å². The highest BCUT2D eigenvalue weighted by Gasteiger charge is 1.93. The number of nitrogens with two attached hydrogens (primary N) is 2. The summed E-state index contributed by atoms with van der Waals surface area (Å²) in [6, 6.07) is 5.58. The molecule has 13 heavy (non-hydrogen) atoms. The molecule has 0 aliphatic carbocycles. The molecule has 2 nitrogen and oxygen atoms in total. The van der Waals surface area contributed by atoms with Gasteiger partial charge < -0.3 is 11.5 Å². The lowest BCUT2D eigenvalue weighted by atomic mass is 10.1. The maximum Gasteiger partial charge on any atom is 0.0553 e. The molecule has 0 saturated heterocycles. The van der Waals surface area contributed by atoms with Crippen LogP contribution in [0.5, 0.6) is 0 Å². The van der Waals surface area contributed by atoms with Gasteiger partial charge in [0.05, 0.1) is 11.4 Å². The maximum absolute atomic E-state index is 5.64. The fourth-order valence-electron chi connectivity index (χ4n) is 0.979. The van der Waals surface area contributed by atoms with Crippen molar-refractivity contribution in [1.29, 1.82) is 0 Å². The molecule has 0 fully saturated rings. The summed E-state index contributed by atoms with van der Waals surface area (Å²) >= 11 is 5.53. The number of halogens is 1. The first-order valence-electron chi connectivity index (χ1n) is 4.11. The van der Waals surface area contributed by atoms with Crippen LogP contribution in [0, 0.1) is 0 Å².